The van der Waals surface area contributed by atoms with E-state index in [0.29, 0.717) is 5.56 Å². The van der Waals surface area contributed by atoms with E-state index in [1.807, 2.05) is 32.9 Å². The molecule has 0 aliphatic heterocycles. The Morgan fingerprint density at radius 2 is 1.72 bits per heavy atom. The fraction of sp³-hybridized carbons (Fsp3) is 0.385. The topological polar surface area (TPSA) is 86.6 Å². The number of nitrogens with one attached hydrogen (secondary N) is 1. The van der Waals surface area contributed by atoms with Gasteiger partial charge in [0.15, 0.2) is 6.10 Å². The number of hydrogen-bond donors (Lipinski definition) is 3. The van der Waals surface area contributed by atoms with Crippen LogP contribution < -0.4 is 5.32 Å². The van der Waals surface area contributed by atoms with Crippen molar-refractivity contribution in [3.8, 4) is 0 Å². The van der Waals surface area contributed by atoms with E-state index in [0.717, 1.165) is 16.7 Å². The molecular weight excluding hydrogens is 234 g/mol. The Bertz CT molecular complexity index is 459. The molecule has 18 heavy (non-hydrogen) atoms. The molecule has 0 saturated heterocycles. The Balaban J connectivity index is 2.82. The van der Waals surface area contributed by atoms with Crippen molar-refractivity contribution >= 4 is 11.9 Å². The van der Waals surface area contributed by atoms with Gasteiger partial charge in [0.2, 0.25) is 0 Å². The zero-order chi connectivity index (χ0) is 13.9. The van der Waals surface area contributed by atoms with Gasteiger partial charge in [0, 0.05) is 5.56 Å². The van der Waals surface area contributed by atoms with E-state index >= 15 is 0 Å². The molecule has 0 radical (unpaired) electrons. The molecule has 1 aromatic carbocycles. The van der Waals surface area contributed by atoms with Gasteiger partial charge in [-0.2, -0.15) is 0 Å². The number of hydrogen-bond acceptors (Lipinski definition) is 3. The fourth-order valence-corrected chi connectivity index (χ4v) is 1.90. The second kappa shape index (κ2) is 5.64. The molecule has 0 aliphatic carbocycles. The van der Waals surface area contributed by atoms with Crippen LogP contribution in [0.3, 0.4) is 0 Å². The molecule has 0 fully saturated rings. The normalized spacial score (nSPS) is 12.0. The molecule has 1 aromatic rings. The Kier molecular flexibility index (Phi) is 4.44. The third-order valence-corrected chi connectivity index (χ3v) is 2.65. The van der Waals surface area contributed by atoms with Crippen LogP contribution in [-0.4, -0.2) is 34.7 Å². The number of carboxylic acids is 1. The number of aliphatic hydroxyl groups excluding tert-OH is 1. The van der Waals surface area contributed by atoms with Gasteiger partial charge in [0.05, 0.1) is 6.54 Å². The number of amides is 1. The van der Waals surface area contributed by atoms with Crippen molar-refractivity contribution in [2.75, 3.05) is 6.54 Å². The highest BCUT2D eigenvalue weighted by molar-refractivity contribution is 5.97. The Morgan fingerprint density at radius 1 is 1.22 bits per heavy atom. The molecule has 1 amide bonds. The number of benzene rings is 1. The van der Waals surface area contributed by atoms with Crippen molar-refractivity contribution in [3.05, 3.63) is 34.4 Å². The maximum absolute atomic E-state index is 11.9. The number of aryl methyl sites for hydroxylation is 3. The molecule has 0 aromatic heterocycles. The lowest BCUT2D eigenvalue weighted by Gasteiger charge is -2.12. The summed E-state index contributed by atoms with van der Waals surface area (Å²) in [6.45, 7) is 5.28. The first kappa shape index (κ1) is 14.2. The summed E-state index contributed by atoms with van der Waals surface area (Å²) in [7, 11) is 0. The molecule has 0 bridgehead atoms. The van der Waals surface area contributed by atoms with E-state index in [-0.39, 0.29) is 12.5 Å². The van der Waals surface area contributed by atoms with Gasteiger partial charge >= 0.3 is 5.97 Å². The summed E-state index contributed by atoms with van der Waals surface area (Å²) < 4.78 is 0. The van der Waals surface area contributed by atoms with E-state index in [1.54, 1.807) is 0 Å². The maximum atomic E-state index is 11.9. The lowest BCUT2D eigenvalue weighted by atomic mass is 9.99. The van der Waals surface area contributed by atoms with Crippen LogP contribution in [0.4, 0.5) is 0 Å². The molecule has 0 heterocycles. The summed E-state index contributed by atoms with van der Waals surface area (Å²) in [5.41, 5.74) is 3.25. The van der Waals surface area contributed by atoms with Gasteiger partial charge < -0.3 is 15.5 Å². The first-order valence-corrected chi connectivity index (χ1v) is 5.60. The molecule has 0 unspecified atom stereocenters. The van der Waals surface area contributed by atoms with E-state index in [2.05, 4.69) is 5.32 Å². The molecule has 3 N–H and O–H groups in total. The van der Waals surface area contributed by atoms with Crippen molar-refractivity contribution in [2.45, 2.75) is 26.9 Å². The predicted octanol–water partition coefficient (Wildman–Crippen LogP) is 0.787. The SMILES string of the molecule is Cc1cc(C)c(C(=O)NC[C@H](O)C(=O)O)c(C)c1. The molecule has 0 spiro atoms. The summed E-state index contributed by atoms with van der Waals surface area (Å²) in [5.74, 6) is -1.72. The third-order valence-electron chi connectivity index (χ3n) is 2.65. The Morgan fingerprint density at radius 3 is 2.17 bits per heavy atom. The van der Waals surface area contributed by atoms with Crippen LogP contribution >= 0.6 is 0 Å². The van der Waals surface area contributed by atoms with Crippen LogP contribution in [0.25, 0.3) is 0 Å². The number of aliphatic carboxylic acids is 1. The molecule has 0 aliphatic rings. The predicted molar refractivity (Wildman–Crippen MR) is 66.6 cm³/mol. The summed E-state index contributed by atoms with van der Waals surface area (Å²) in [4.78, 5) is 22.3. The van der Waals surface area contributed by atoms with Crippen LogP contribution in [0, 0.1) is 20.8 Å². The number of carbonyl (C=O) groups excluding carboxylic acids is 1. The summed E-state index contributed by atoms with van der Waals surface area (Å²) in [6.07, 6.45) is -1.58. The van der Waals surface area contributed by atoms with E-state index < -0.39 is 12.1 Å². The third kappa shape index (κ3) is 3.30. The monoisotopic (exact) mass is 251 g/mol. The summed E-state index contributed by atoms with van der Waals surface area (Å²) in [6, 6.07) is 3.77. The zero-order valence-corrected chi connectivity index (χ0v) is 10.7. The van der Waals surface area contributed by atoms with Gasteiger partial charge in [-0.15, -0.1) is 0 Å². The summed E-state index contributed by atoms with van der Waals surface area (Å²) in [5, 5.41) is 20.0. The molecule has 98 valence electrons. The minimum Gasteiger partial charge on any atom is -0.479 e. The fourth-order valence-electron chi connectivity index (χ4n) is 1.90. The quantitative estimate of drug-likeness (QED) is 0.738. The van der Waals surface area contributed by atoms with Crippen LogP contribution in [0.5, 0.6) is 0 Å². The van der Waals surface area contributed by atoms with Crippen molar-refractivity contribution in [1.82, 2.24) is 5.32 Å². The number of carbonyl (C=O) groups is 2. The first-order valence-electron chi connectivity index (χ1n) is 5.60. The van der Waals surface area contributed by atoms with Gasteiger partial charge in [-0.1, -0.05) is 17.7 Å². The minimum atomic E-state index is -1.58. The molecule has 5 nitrogen and oxygen atoms in total. The van der Waals surface area contributed by atoms with E-state index in [9.17, 15) is 9.59 Å². The van der Waals surface area contributed by atoms with Crippen LogP contribution in [0.15, 0.2) is 12.1 Å². The Hall–Kier alpha value is -1.88. The highest BCUT2D eigenvalue weighted by atomic mass is 16.4. The molecule has 1 atom stereocenters. The second-order valence-electron chi connectivity index (χ2n) is 4.34. The number of carboxylic acid groups (broad SMARTS) is 1. The molecule has 1 rings (SSSR count). The van der Waals surface area contributed by atoms with Gasteiger partial charge in [-0.25, -0.2) is 4.79 Å². The van der Waals surface area contributed by atoms with Gasteiger partial charge in [-0.3, -0.25) is 4.79 Å². The van der Waals surface area contributed by atoms with Gasteiger partial charge in [-0.05, 0) is 31.9 Å². The first-order chi connectivity index (χ1) is 8.32. The molecule has 0 saturated carbocycles. The van der Waals surface area contributed by atoms with Crippen LogP contribution in [0.1, 0.15) is 27.0 Å². The van der Waals surface area contributed by atoms with E-state index in [1.165, 1.54) is 0 Å². The van der Waals surface area contributed by atoms with Crippen molar-refractivity contribution < 1.29 is 19.8 Å². The largest absolute Gasteiger partial charge is 0.479 e. The molecular formula is C13H17NO4. The van der Waals surface area contributed by atoms with Crippen molar-refractivity contribution in [1.29, 1.82) is 0 Å². The van der Waals surface area contributed by atoms with Gasteiger partial charge in [0.1, 0.15) is 0 Å². The number of aliphatic hydroxyl groups is 1. The second-order valence-corrected chi connectivity index (χ2v) is 4.34. The average Bonchev–Trinajstić information content (AvgIpc) is 2.24. The highest BCUT2D eigenvalue weighted by Gasteiger charge is 2.17. The highest BCUT2D eigenvalue weighted by Crippen LogP contribution is 2.16. The Labute approximate surface area is 105 Å². The van der Waals surface area contributed by atoms with Gasteiger partial charge in [0.25, 0.3) is 5.91 Å². The lowest BCUT2D eigenvalue weighted by molar-refractivity contribution is -0.146. The minimum absolute atomic E-state index is 0.305. The van der Waals surface area contributed by atoms with Crippen LogP contribution in [-0.2, 0) is 4.79 Å². The summed E-state index contributed by atoms with van der Waals surface area (Å²) >= 11 is 0. The van der Waals surface area contributed by atoms with Crippen molar-refractivity contribution in [3.63, 3.8) is 0 Å². The number of rotatable bonds is 4. The lowest BCUT2D eigenvalue weighted by Crippen LogP contribution is -2.37. The zero-order valence-electron chi connectivity index (χ0n) is 10.7. The molecule has 5 heteroatoms. The van der Waals surface area contributed by atoms with Crippen molar-refractivity contribution in [2.24, 2.45) is 0 Å². The average molecular weight is 251 g/mol. The van der Waals surface area contributed by atoms with Crippen LogP contribution in [0.2, 0.25) is 0 Å². The maximum Gasteiger partial charge on any atom is 0.334 e. The standard InChI is InChI=1S/C13H17NO4/c1-7-4-8(2)11(9(3)5-7)12(16)14-6-10(15)13(17)18/h4-5,10,15H,6H2,1-3H3,(H,14,16)(H,17,18)/t10-/m0/s1. The smallest absolute Gasteiger partial charge is 0.334 e. The van der Waals surface area contributed by atoms with E-state index in [4.69, 9.17) is 10.2 Å².